The Labute approximate surface area is 277 Å². The molecule has 2 saturated carbocycles. The summed E-state index contributed by atoms with van der Waals surface area (Å²) in [5, 5.41) is 34.9. The highest BCUT2D eigenvalue weighted by molar-refractivity contribution is 6.05. The summed E-state index contributed by atoms with van der Waals surface area (Å²) in [7, 11) is 0. The van der Waals surface area contributed by atoms with Gasteiger partial charge in [-0.2, -0.15) is 0 Å². The largest absolute Gasteiger partial charge is 0.455 e. The molecular weight excluding hydrogens is 616 g/mol. The summed E-state index contributed by atoms with van der Waals surface area (Å²) in [6.45, 7) is 8.79. The van der Waals surface area contributed by atoms with Gasteiger partial charge in [0.2, 0.25) is 0 Å². The van der Waals surface area contributed by atoms with E-state index in [1.54, 1.807) is 56.3 Å². The Kier molecular flexibility index (Phi) is 6.82. The average Bonchev–Trinajstić information content (AvgIpc) is 3.71. The highest BCUT2D eigenvalue weighted by atomic mass is 16.9. The smallest absolute Gasteiger partial charge is 0.331 e. The number of carbonyl (C=O) groups is 2. The molecule has 3 aliphatic heterocycles. The van der Waals surface area contributed by atoms with Gasteiger partial charge in [0.15, 0.2) is 17.0 Å². The van der Waals surface area contributed by atoms with Crippen molar-refractivity contribution in [3.8, 4) is 0 Å². The maximum atomic E-state index is 13.9. The number of esters is 1. The van der Waals surface area contributed by atoms with Crippen molar-refractivity contribution in [3.05, 3.63) is 114 Å². The van der Waals surface area contributed by atoms with E-state index in [0.29, 0.717) is 11.1 Å². The zero-order chi connectivity index (χ0) is 33.9. The second kappa shape index (κ2) is 10.4. The van der Waals surface area contributed by atoms with Gasteiger partial charge >= 0.3 is 11.9 Å². The molecule has 2 aromatic carbocycles. The van der Waals surface area contributed by atoms with Gasteiger partial charge in [0, 0.05) is 29.4 Å². The molecule has 3 bridgehead atoms. The number of ether oxygens (including phenoxy) is 5. The van der Waals surface area contributed by atoms with Crippen molar-refractivity contribution in [1.29, 1.82) is 0 Å². The number of aliphatic hydroxyl groups excluding tert-OH is 2. The molecule has 250 valence electrons. The summed E-state index contributed by atoms with van der Waals surface area (Å²) in [5.74, 6) is -5.98. The third kappa shape index (κ3) is 3.76. The second-order valence-electron chi connectivity index (χ2n) is 13.9. The minimum absolute atomic E-state index is 0.226. The number of fused-ring (bicyclic) bond motifs is 3. The zero-order valence-electron chi connectivity index (χ0n) is 26.8. The fourth-order valence-corrected chi connectivity index (χ4v) is 9.34. The molecule has 2 aromatic rings. The van der Waals surface area contributed by atoms with Crippen LogP contribution < -0.4 is 0 Å². The monoisotopic (exact) mass is 654 g/mol. The lowest BCUT2D eigenvalue weighted by Gasteiger charge is -2.61. The van der Waals surface area contributed by atoms with Crippen molar-refractivity contribution in [2.24, 2.45) is 17.8 Å². The van der Waals surface area contributed by atoms with Gasteiger partial charge in [0.25, 0.3) is 0 Å². The molecule has 48 heavy (non-hydrogen) atoms. The molecule has 10 nitrogen and oxygen atoms in total. The minimum Gasteiger partial charge on any atom is -0.455 e. The zero-order valence-corrected chi connectivity index (χ0v) is 26.8. The van der Waals surface area contributed by atoms with Crippen LogP contribution in [-0.2, 0) is 39.2 Å². The fraction of sp³-hybridized carbons (Fsp3) is 0.421. The van der Waals surface area contributed by atoms with Crippen LogP contribution in [0.5, 0.6) is 0 Å². The van der Waals surface area contributed by atoms with E-state index in [4.69, 9.17) is 23.7 Å². The van der Waals surface area contributed by atoms with Crippen LogP contribution >= 0.6 is 0 Å². The number of allylic oxidation sites excluding steroid dienone is 2. The van der Waals surface area contributed by atoms with Gasteiger partial charge in [0.1, 0.15) is 30.0 Å². The number of ketones is 1. The first kappa shape index (κ1) is 31.5. The van der Waals surface area contributed by atoms with Gasteiger partial charge < -0.3 is 39.0 Å². The Hall–Kier alpha value is -3.74. The van der Waals surface area contributed by atoms with Crippen molar-refractivity contribution >= 4 is 17.8 Å². The Morgan fingerprint density at radius 2 is 1.71 bits per heavy atom. The predicted molar refractivity (Wildman–Crippen MR) is 170 cm³/mol. The topological polar surface area (TPSA) is 144 Å². The maximum absolute atomic E-state index is 13.9. The molecule has 12 atom stereocenters. The third-order valence-electron chi connectivity index (χ3n) is 11.5. The first-order valence-electron chi connectivity index (χ1n) is 16.2. The van der Waals surface area contributed by atoms with Gasteiger partial charge in [-0.1, -0.05) is 98.5 Å². The summed E-state index contributed by atoms with van der Waals surface area (Å²) >= 11 is 0. The Bertz CT molecular complexity index is 1790. The van der Waals surface area contributed by atoms with E-state index in [0.717, 1.165) is 5.56 Å². The Balaban J connectivity index is 1.29. The van der Waals surface area contributed by atoms with Crippen LogP contribution in [0.2, 0.25) is 0 Å². The molecule has 3 heterocycles. The van der Waals surface area contributed by atoms with Crippen molar-refractivity contribution in [3.63, 3.8) is 0 Å². The molecule has 0 spiro atoms. The number of carbonyl (C=O) groups excluding carboxylic acids is 2. The summed E-state index contributed by atoms with van der Waals surface area (Å²) in [4.78, 5) is 27.5. The van der Waals surface area contributed by atoms with Crippen LogP contribution in [0.3, 0.4) is 0 Å². The number of hydrogen-bond acceptors (Lipinski definition) is 10. The lowest BCUT2D eigenvalue weighted by Crippen LogP contribution is -2.76. The lowest BCUT2D eigenvalue weighted by molar-refractivity contribution is -0.440. The van der Waals surface area contributed by atoms with E-state index in [1.807, 2.05) is 49.4 Å². The van der Waals surface area contributed by atoms with Crippen molar-refractivity contribution in [2.45, 2.75) is 73.6 Å². The molecule has 10 heteroatoms. The summed E-state index contributed by atoms with van der Waals surface area (Å²) in [6.07, 6.45) is 3.34. The number of rotatable bonds is 7. The number of aliphatic hydroxyl groups is 3. The first-order chi connectivity index (χ1) is 22.9. The highest BCUT2D eigenvalue weighted by Crippen LogP contribution is 2.74. The molecule has 0 aromatic heterocycles. The van der Waals surface area contributed by atoms with E-state index >= 15 is 0 Å². The van der Waals surface area contributed by atoms with Crippen LogP contribution in [0.4, 0.5) is 0 Å². The number of hydrogen-bond donors (Lipinski definition) is 3. The van der Waals surface area contributed by atoms with Crippen LogP contribution in [0.15, 0.2) is 103 Å². The van der Waals surface area contributed by atoms with Gasteiger partial charge in [-0.15, -0.1) is 0 Å². The highest BCUT2D eigenvalue weighted by Gasteiger charge is 2.90. The van der Waals surface area contributed by atoms with Crippen molar-refractivity contribution in [2.75, 3.05) is 6.61 Å². The van der Waals surface area contributed by atoms with Gasteiger partial charge in [-0.25, -0.2) is 4.79 Å². The molecular formula is C38H38O10. The van der Waals surface area contributed by atoms with Crippen LogP contribution in [-0.4, -0.2) is 80.5 Å². The maximum Gasteiger partial charge on any atom is 0.331 e. The Morgan fingerprint density at radius 3 is 2.38 bits per heavy atom. The Morgan fingerprint density at radius 1 is 1.02 bits per heavy atom. The van der Waals surface area contributed by atoms with Gasteiger partial charge in [0.05, 0.1) is 12.2 Å². The molecule has 3 aliphatic carbocycles. The normalized spacial score (nSPS) is 45.0. The predicted octanol–water partition coefficient (Wildman–Crippen LogP) is 3.12. The molecule has 2 unspecified atom stereocenters. The quantitative estimate of drug-likeness (QED) is 0.134. The van der Waals surface area contributed by atoms with E-state index in [-0.39, 0.29) is 5.57 Å². The molecule has 8 rings (SSSR count). The van der Waals surface area contributed by atoms with E-state index in [1.165, 1.54) is 6.08 Å². The van der Waals surface area contributed by atoms with Crippen molar-refractivity contribution < 1.29 is 48.6 Å². The van der Waals surface area contributed by atoms with Gasteiger partial charge in [-0.3, -0.25) is 4.79 Å². The van der Waals surface area contributed by atoms with Crippen LogP contribution in [0.1, 0.15) is 31.9 Å². The van der Waals surface area contributed by atoms with Crippen LogP contribution in [0.25, 0.3) is 6.08 Å². The number of Topliss-reactive ketones (excluding diaryl/α,β-unsaturated/α-hetero) is 1. The summed E-state index contributed by atoms with van der Waals surface area (Å²) < 4.78 is 33.4. The molecule has 0 radical (unpaired) electrons. The standard InChI is InChI=1S/C38H38O10/c1-21(2)36-30(44-27(40)18-12-11-15-24-13-7-5-8-14-24)23(4)37-26-19-22(3)29(41)35(26,43)33(42)34(20-39)31(45-34)28(37)32(36)46-38(47-36,48-37)25-16-9-6-10-17-25/h5-19,23,26,28,30-33,39,42-43H,1,20H2,2-4H3/b15-11+,18-12+/t23-,26?,28+,30-,31+,32-,33-,34+,35-,36+,37+,38?/m1/s1. The molecule has 0 amide bonds. The molecule has 3 saturated heterocycles. The average molecular weight is 655 g/mol. The molecule has 5 fully saturated rings. The SMILES string of the molecule is C=C(C)[C@@]12OC3(c4ccccc4)O[C@@H]1[C@@H]1[C@@H]4O[C@]4(CO)[C@@H](O)[C@]4(O)C(=O)C(C)=CC4[C@@]1(O3)[C@H](C)[C@H]2OC(=O)/C=C/C=C/c1ccccc1. The third-order valence-corrected chi connectivity index (χ3v) is 11.5. The first-order valence-corrected chi connectivity index (χ1v) is 16.2. The van der Waals surface area contributed by atoms with Crippen LogP contribution in [0, 0.1) is 17.8 Å². The minimum atomic E-state index is -2.43. The summed E-state index contributed by atoms with van der Waals surface area (Å²) in [5.41, 5.74) is -4.99. The van der Waals surface area contributed by atoms with Gasteiger partial charge in [-0.05, 0) is 30.6 Å². The van der Waals surface area contributed by atoms with E-state index < -0.39 is 88.9 Å². The number of epoxide rings is 1. The van der Waals surface area contributed by atoms with E-state index in [2.05, 4.69) is 6.58 Å². The molecule has 3 N–H and O–H groups in total. The number of benzene rings is 2. The summed E-state index contributed by atoms with van der Waals surface area (Å²) in [6, 6.07) is 18.6. The van der Waals surface area contributed by atoms with E-state index in [9.17, 15) is 24.9 Å². The van der Waals surface area contributed by atoms with Crippen molar-refractivity contribution in [1.82, 2.24) is 0 Å². The molecule has 6 aliphatic rings. The second-order valence-corrected chi connectivity index (χ2v) is 13.9. The fourth-order valence-electron chi connectivity index (χ4n) is 9.34. The lowest BCUT2D eigenvalue weighted by atomic mass is 9.53.